The molecule has 0 aromatic heterocycles. The fourth-order valence-electron chi connectivity index (χ4n) is 2.62. The molecule has 1 aromatic rings. The van der Waals surface area contributed by atoms with Crippen LogP contribution in [0, 0.1) is 0 Å². The van der Waals surface area contributed by atoms with Crippen molar-refractivity contribution in [2.45, 2.75) is 38.6 Å². The normalized spacial score (nSPS) is 21.9. The van der Waals surface area contributed by atoms with E-state index in [1.165, 1.54) is 11.1 Å². The largest absolute Gasteiger partial charge is 0.494 e. The summed E-state index contributed by atoms with van der Waals surface area (Å²) in [5, 5.41) is 0. The summed E-state index contributed by atoms with van der Waals surface area (Å²) in [7, 11) is 0. The zero-order chi connectivity index (χ0) is 11.9. The van der Waals surface area contributed by atoms with Gasteiger partial charge in [0.25, 0.3) is 0 Å². The van der Waals surface area contributed by atoms with E-state index in [2.05, 4.69) is 35.8 Å². The van der Waals surface area contributed by atoms with E-state index in [-0.39, 0.29) is 11.5 Å². The Hall–Kier alpha value is -0.540. The molecule has 1 aliphatic carbocycles. The number of ether oxygens (including phenoxy) is 1. The number of hydrogen-bond donors (Lipinski definition) is 1. The van der Waals surface area contributed by atoms with E-state index in [0.29, 0.717) is 6.61 Å². The van der Waals surface area contributed by atoms with E-state index < -0.39 is 0 Å². The van der Waals surface area contributed by atoms with Crippen molar-refractivity contribution in [3.05, 3.63) is 27.7 Å². The van der Waals surface area contributed by atoms with Crippen molar-refractivity contribution in [2.24, 2.45) is 5.73 Å². The van der Waals surface area contributed by atoms with Crippen LogP contribution in [-0.2, 0) is 5.41 Å². The monoisotopic (exact) mass is 283 g/mol. The van der Waals surface area contributed by atoms with Gasteiger partial charge in [-0.25, -0.2) is 0 Å². The third-order valence-corrected chi connectivity index (χ3v) is 3.84. The lowest BCUT2D eigenvalue weighted by atomic mass is 9.86. The first kappa shape index (κ1) is 11.9. The maximum absolute atomic E-state index is 6.18. The van der Waals surface area contributed by atoms with E-state index in [1.54, 1.807) is 0 Å². The lowest BCUT2D eigenvalue weighted by molar-refractivity contribution is 0.339. The SMILES string of the molecule is CCOc1cc(Br)c2c(c1)[C@@H](N)CC2(C)C. The van der Waals surface area contributed by atoms with Crippen LogP contribution < -0.4 is 10.5 Å². The first-order chi connectivity index (χ1) is 7.45. The highest BCUT2D eigenvalue weighted by Crippen LogP contribution is 2.48. The highest BCUT2D eigenvalue weighted by Gasteiger charge is 2.37. The predicted octanol–water partition coefficient (Wildman–Crippen LogP) is 3.53. The molecule has 0 aliphatic heterocycles. The third kappa shape index (κ3) is 1.87. The van der Waals surface area contributed by atoms with Gasteiger partial charge in [0.1, 0.15) is 5.75 Å². The molecule has 1 aromatic carbocycles. The zero-order valence-corrected chi connectivity index (χ0v) is 11.6. The van der Waals surface area contributed by atoms with Gasteiger partial charge in [0.2, 0.25) is 0 Å². The highest BCUT2D eigenvalue weighted by atomic mass is 79.9. The fraction of sp³-hybridized carbons (Fsp3) is 0.538. The smallest absolute Gasteiger partial charge is 0.120 e. The molecule has 2 N–H and O–H groups in total. The quantitative estimate of drug-likeness (QED) is 0.901. The molecule has 1 atom stereocenters. The second-order valence-corrected chi connectivity index (χ2v) is 5.85. The van der Waals surface area contributed by atoms with Crippen molar-refractivity contribution in [1.29, 1.82) is 0 Å². The first-order valence-electron chi connectivity index (χ1n) is 5.68. The van der Waals surface area contributed by atoms with Crippen LogP contribution in [0.25, 0.3) is 0 Å². The van der Waals surface area contributed by atoms with Crippen molar-refractivity contribution in [1.82, 2.24) is 0 Å². The van der Waals surface area contributed by atoms with Crippen LogP contribution in [0.3, 0.4) is 0 Å². The molecule has 0 saturated heterocycles. The van der Waals surface area contributed by atoms with Gasteiger partial charge in [-0.15, -0.1) is 0 Å². The molecule has 0 spiro atoms. The van der Waals surface area contributed by atoms with Crippen LogP contribution in [0.1, 0.15) is 44.4 Å². The average molecular weight is 284 g/mol. The Balaban J connectivity index is 2.53. The molecule has 1 aliphatic rings. The molecule has 0 radical (unpaired) electrons. The molecular formula is C13H18BrNO. The summed E-state index contributed by atoms with van der Waals surface area (Å²) in [6.07, 6.45) is 0.997. The molecule has 3 heteroatoms. The number of rotatable bonds is 2. The van der Waals surface area contributed by atoms with E-state index in [0.717, 1.165) is 16.6 Å². The molecule has 0 amide bonds. The number of benzene rings is 1. The van der Waals surface area contributed by atoms with Crippen molar-refractivity contribution < 1.29 is 4.74 Å². The van der Waals surface area contributed by atoms with Crippen molar-refractivity contribution >= 4 is 15.9 Å². The molecule has 0 saturated carbocycles. The Morgan fingerprint density at radius 1 is 1.50 bits per heavy atom. The topological polar surface area (TPSA) is 35.2 Å². The summed E-state index contributed by atoms with van der Waals surface area (Å²) in [5.74, 6) is 0.904. The van der Waals surface area contributed by atoms with Gasteiger partial charge in [-0.2, -0.15) is 0 Å². The number of fused-ring (bicyclic) bond motifs is 1. The standard InChI is InChI=1S/C13H18BrNO/c1-4-16-8-5-9-11(15)7-13(2,3)12(9)10(14)6-8/h5-6,11H,4,7,15H2,1-3H3/t11-/m0/s1. The second-order valence-electron chi connectivity index (χ2n) is 5.00. The van der Waals surface area contributed by atoms with E-state index in [4.69, 9.17) is 10.5 Å². The summed E-state index contributed by atoms with van der Waals surface area (Å²) < 4.78 is 6.66. The Morgan fingerprint density at radius 3 is 2.81 bits per heavy atom. The number of hydrogen-bond acceptors (Lipinski definition) is 2. The molecule has 2 rings (SSSR count). The maximum atomic E-state index is 6.18. The van der Waals surface area contributed by atoms with E-state index in [1.807, 2.05) is 13.0 Å². The van der Waals surface area contributed by atoms with Crippen molar-refractivity contribution in [3.8, 4) is 5.75 Å². The molecule has 0 fully saturated rings. The summed E-state index contributed by atoms with van der Waals surface area (Å²) in [6, 6.07) is 4.26. The maximum Gasteiger partial charge on any atom is 0.120 e. The molecule has 0 bridgehead atoms. The minimum Gasteiger partial charge on any atom is -0.494 e. The number of halogens is 1. The van der Waals surface area contributed by atoms with Crippen molar-refractivity contribution in [3.63, 3.8) is 0 Å². The molecule has 2 nitrogen and oxygen atoms in total. The fourth-order valence-corrected chi connectivity index (χ4v) is 3.61. The Morgan fingerprint density at radius 2 is 2.19 bits per heavy atom. The predicted molar refractivity (Wildman–Crippen MR) is 69.9 cm³/mol. The van der Waals surface area contributed by atoms with Gasteiger partial charge in [0.15, 0.2) is 0 Å². The first-order valence-corrected chi connectivity index (χ1v) is 6.47. The molecule has 16 heavy (non-hydrogen) atoms. The minimum atomic E-state index is 0.127. The molecule has 88 valence electrons. The van der Waals surface area contributed by atoms with Gasteiger partial charge in [-0.1, -0.05) is 29.8 Å². The minimum absolute atomic E-state index is 0.127. The van der Waals surface area contributed by atoms with Crippen LogP contribution >= 0.6 is 15.9 Å². The molecular weight excluding hydrogens is 266 g/mol. The summed E-state index contributed by atoms with van der Waals surface area (Å²) in [4.78, 5) is 0. The summed E-state index contributed by atoms with van der Waals surface area (Å²) in [5.41, 5.74) is 8.89. The third-order valence-electron chi connectivity index (χ3n) is 3.21. The lowest BCUT2D eigenvalue weighted by Crippen LogP contribution is -2.14. The average Bonchev–Trinajstić information content (AvgIpc) is 2.37. The van der Waals surface area contributed by atoms with Gasteiger partial charge in [0, 0.05) is 10.5 Å². The van der Waals surface area contributed by atoms with Gasteiger partial charge < -0.3 is 10.5 Å². The highest BCUT2D eigenvalue weighted by molar-refractivity contribution is 9.10. The van der Waals surface area contributed by atoms with Crippen LogP contribution in [0.15, 0.2) is 16.6 Å². The van der Waals surface area contributed by atoms with E-state index >= 15 is 0 Å². The van der Waals surface area contributed by atoms with Crippen LogP contribution in [-0.4, -0.2) is 6.61 Å². The summed E-state index contributed by atoms with van der Waals surface area (Å²) in [6.45, 7) is 7.16. The van der Waals surface area contributed by atoms with Gasteiger partial charge >= 0.3 is 0 Å². The Labute approximate surface area is 105 Å². The Kier molecular flexibility index (Phi) is 3.01. The van der Waals surface area contributed by atoms with Crippen LogP contribution in [0.5, 0.6) is 5.75 Å². The molecule has 0 heterocycles. The van der Waals surface area contributed by atoms with E-state index in [9.17, 15) is 0 Å². The van der Waals surface area contributed by atoms with Crippen LogP contribution in [0.2, 0.25) is 0 Å². The molecule has 0 unspecified atom stereocenters. The zero-order valence-electron chi connectivity index (χ0n) is 10.0. The second kappa shape index (κ2) is 4.04. The Bertz CT molecular complexity index is 415. The van der Waals surface area contributed by atoms with Gasteiger partial charge in [-0.05, 0) is 42.0 Å². The van der Waals surface area contributed by atoms with Gasteiger partial charge in [-0.3, -0.25) is 0 Å². The summed E-state index contributed by atoms with van der Waals surface area (Å²) >= 11 is 3.64. The number of nitrogens with two attached hydrogens (primary N) is 1. The van der Waals surface area contributed by atoms with Crippen molar-refractivity contribution in [2.75, 3.05) is 6.61 Å². The lowest BCUT2D eigenvalue weighted by Gasteiger charge is -2.20. The van der Waals surface area contributed by atoms with Gasteiger partial charge in [0.05, 0.1) is 6.61 Å². The van der Waals surface area contributed by atoms with Crippen LogP contribution in [0.4, 0.5) is 0 Å².